The summed E-state index contributed by atoms with van der Waals surface area (Å²) < 4.78 is 40.7. The largest absolute Gasteiger partial charge is 0.416 e. The minimum atomic E-state index is -4.49. The van der Waals surface area contributed by atoms with Crippen LogP contribution in [-0.4, -0.2) is 26.5 Å². The first kappa shape index (κ1) is 29.3. The number of benzene rings is 3. The van der Waals surface area contributed by atoms with E-state index >= 15 is 0 Å². The molecule has 0 spiro atoms. The van der Waals surface area contributed by atoms with Crippen LogP contribution in [0.3, 0.4) is 0 Å². The lowest BCUT2D eigenvalue weighted by Gasteiger charge is -2.29. The molecule has 42 heavy (non-hydrogen) atoms. The second kappa shape index (κ2) is 12.8. The van der Waals surface area contributed by atoms with Gasteiger partial charge < -0.3 is 10.2 Å². The highest BCUT2D eigenvalue weighted by atomic mass is 79.9. The lowest BCUT2D eigenvalue weighted by Crippen LogP contribution is -2.26. The molecule has 0 unspecified atom stereocenters. The summed E-state index contributed by atoms with van der Waals surface area (Å²) in [7, 11) is 0. The highest BCUT2D eigenvalue weighted by Crippen LogP contribution is 2.36. The molecule has 1 aliphatic rings. The van der Waals surface area contributed by atoms with Crippen LogP contribution in [0.2, 0.25) is 0 Å². The third kappa shape index (κ3) is 7.35. The lowest BCUT2D eigenvalue weighted by molar-refractivity contribution is -0.137. The SMILES string of the molecule is C=C(Nc1cc(Br)cc(C(F)(F)F)c1)N(Cc1ccc(C(=O)Nc2nn[nH]n2)cc1)c1ccc(C2CCCCC2)cc1. The number of hydrogen-bond donors (Lipinski definition) is 3. The van der Waals surface area contributed by atoms with E-state index in [4.69, 9.17) is 0 Å². The lowest BCUT2D eigenvalue weighted by atomic mass is 9.84. The zero-order valence-electron chi connectivity index (χ0n) is 22.6. The zero-order valence-corrected chi connectivity index (χ0v) is 24.2. The molecule has 1 fully saturated rings. The monoisotopic (exact) mass is 639 g/mol. The van der Waals surface area contributed by atoms with E-state index in [1.807, 2.05) is 29.2 Å². The fourth-order valence-electron chi connectivity index (χ4n) is 5.10. The van der Waals surface area contributed by atoms with E-state index in [1.165, 1.54) is 37.7 Å². The van der Waals surface area contributed by atoms with E-state index in [2.05, 4.69) is 65.9 Å². The number of nitrogens with one attached hydrogen (secondary N) is 3. The van der Waals surface area contributed by atoms with Gasteiger partial charge in [0.2, 0.25) is 0 Å². The number of tetrazole rings is 1. The molecule has 3 N–H and O–H groups in total. The van der Waals surface area contributed by atoms with E-state index in [-0.39, 0.29) is 17.5 Å². The Labute approximate surface area is 249 Å². The summed E-state index contributed by atoms with van der Waals surface area (Å²) in [6.45, 7) is 4.52. The number of amides is 1. The number of halogens is 4. The van der Waals surface area contributed by atoms with Crippen LogP contribution < -0.4 is 15.5 Å². The summed E-state index contributed by atoms with van der Waals surface area (Å²) in [6, 6.07) is 18.9. The second-order valence-electron chi connectivity index (χ2n) is 10.2. The maximum Gasteiger partial charge on any atom is 0.416 e. The van der Waals surface area contributed by atoms with Gasteiger partial charge in [-0.15, -0.1) is 5.10 Å². The number of aromatic amines is 1. The Bertz CT molecular complexity index is 1520. The second-order valence-corrected chi connectivity index (χ2v) is 11.1. The fourth-order valence-corrected chi connectivity index (χ4v) is 5.59. The Kier molecular flexibility index (Phi) is 8.91. The van der Waals surface area contributed by atoms with Gasteiger partial charge in [0.15, 0.2) is 0 Å². The molecule has 0 atom stereocenters. The van der Waals surface area contributed by atoms with Crippen LogP contribution in [0.5, 0.6) is 0 Å². The van der Waals surface area contributed by atoms with Crippen molar-refractivity contribution >= 4 is 39.2 Å². The predicted molar refractivity (Wildman–Crippen MR) is 159 cm³/mol. The molecule has 3 aromatic carbocycles. The van der Waals surface area contributed by atoms with Crippen LogP contribution in [0.4, 0.5) is 30.5 Å². The van der Waals surface area contributed by atoms with Crippen molar-refractivity contribution in [1.82, 2.24) is 20.6 Å². The fraction of sp³-hybridized carbons (Fsp3) is 0.267. The summed E-state index contributed by atoms with van der Waals surface area (Å²) >= 11 is 3.18. The molecule has 1 aromatic heterocycles. The average Bonchev–Trinajstić information content (AvgIpc) is 3.49. The Hall–Kier alpha value is -4.19. The highest BCUT2D eigenvalue weighted by molar-refractivity contribution is 9.10. The number of nitrogens with zero attached hydrogens (tertiary/aromatic N) is 4. The van der Waals surface area contributed by atoms with E-state index in [9.17, 15) is 18.0 Å². The number of carbonyl (C=O) groups is 1. The standard InChI is InChI=1S/C30H29BrF3N7O/c1-19(35-26-16-24(30(32,33)34)15-25(31)17-26)41(27-13-11-22(12-14-27)21-5-3-2-4-6-21)18-20-7-9-23(10-8-20)28(42)36-29-37-39-40-38-29/h7-17,21,35H,1-6,18H2,(H2,36,37,38,39,40,42). The Morgan fingerprint density at radius 3 is 2.36 bits per heavy atom. The molecule has 1 aliphatic carbocycles. The van der Waals surface area contributed by atoms with Gasteiger partial charge in [-0.3, -0.25) is 10.1 Å². The van der Waals surface area contributed by atoms with Gasteiger partial charge in [0, 0.05) is 28.0 Å². The number of carbonyl (C=O) groups excluding carboxylic acids is 1. The van der Waals surface area contributed by atoms with Crippen molar-refractivity contribution < 1.29 is 18.0 Å². The molecule has 12 heteroatoms. The summed E-state index contributed by atoms with van der Waals surface area (Å²) in [4.78, 5) is 14.4. The average molecular weight is 641 g/mol. The molecule has 0 bridgehead atoms. The smallest absolute Gasteiger partial charge is 0.342 e. The number of hydrogen-bond acceptors (Lipinski definition) is 6. The molecule has 1 amide bonds. The van der Waals surface area contributed by atoms with Crippen molar-refractivity contribution in [3.8, 4) is 0 Å². The molecule has 0 radical (unpaired) electrons. The minimum absolute atomic E-state index is 0.0653. The molecular formula is C30H29BrF3N7O. The third-order valence-corrected chi connectivity index (χ3v) is 7.71. The van der Waals surface area contributed by atoms with Gasteiger partial charge in [-0.2, -0.15) is 18.4 Å². The molecule has 1 saturated carbocycles. The minimum Gasteiger partial charge on any atom is -0.342 e. The molecular weight excluding hydrogens is 611 g/mol. The van der Waals surface area contributed by atoms with Gasteiger partial charge in [0.05, 0.1) is 5.56 Å². The van der Waals surface area contributed by atoms with Crippen molar-refractivity contribution in [1.29, 1.82) is 0 Å². The van der Waals surface area contributed by atoms with Gasteiger partial charge in [-0.05, 0) is 77.6 Å². The zero-order chi connectivity index (χ0) is 29.7. The summed E-state index contributed by atoms with van der Waals surface area (Å²) in [6.07, 6.45) is 1.59. The Morgan fingerprint density at radius 2 is 1.71 bits per heavy atom. The van der Waals surface area contributed by atoms with Crippen LogP contribution in [0.25, 0.3) is 0 Å². The number of aromatic nitrogens is 4. The van der Waals surface area contributed by atoms with E-state index in [0.717, 1.165) is 23.4 Å². The number of alkyl halides is 3. The Morgan fingerprint density at radius 1 is 1.00 bits per heavy atom. The maximum absolute atomic E-state index is 13.5. The van der Waals surface area contributed by atoms with Gasteiger partial charge in [-0.25, -0.2) is 0 Å². The Balaban J connectivity index is 1.38. The van der Waals surface area contributed by atoms with Gasteiger partial charge in [-0.1, -0.05) is 71.1 Å². The van der Waals surface area contributed by atoms with Crippen LogP contribution >= 0.6 is 15.9 Å². The number of anilines is 3. The topological polar surface area (TPSA) is 98.8 Å². The highest BCUT2D eigenvalue weighted by Gasteiger charge is 2.31. The molecule has 4 aromatic rings. The summed E-state index contributed by atoms with van der Waals surface area (Å²) in [5.74, 6) is 0.608. The first-order chi connectivity index (χ1) is 20.2. The van der Waals surface area contributed by atoms with Crippen LogP contribution in [0.1, 0.15) is 65.1 Å². The van der Waals surface area contributed by atoms with Gasteiger partial charge in [0.25, 0.3) is 11.9 Å². The maximum atomic E-state index is 13.5. The molecule has 218 valence electrons. The third-order valence-electron chi connectivity index (χ3n) is 7.25. The van der Waals surface area contributed by atoms with Crippen molar-refractivity contribution in [2.75, 3.05) is 15.5 Å². The summed E-state index contributed by atoms with van der Waals surface area (Å²) in [5, 5.41) is 18.7. The summed E-state index contributed by atoms with van der Waals surface area (Å²) in [5.41, 5.74) is 2.85. The predicted octanol–water partition coefficient (Wildman–Crippen LogP) is 7.87. The number of rotatable bonds is 9. The van der Waals surface area contributed by atoms with Crippen molar-refractivity contribution in [3.05, 3.63) is 106 Å². The molecule has 8 nitrogen and oxygen atoms in total. The molecule has 5 rings (SSSR count). The van der Waals surface area contributed by atoms with Gasteiger partial charge >= 0.3 is 6.18 Å². The van der Waals surface area contributed by atoms with Crippen molar-refractivity contribution in [2.45, 2.75) is 50.7 Å². The first-order valence-corrected chi connectivity index (χ1v) is 14.3. The van der Waals surface area contributed by atoms with E-state index < -0.39 is 11.7 Å². The first-order valence-electron chi connectivity index (χ1n) is 13.5. The van der Waals surface area contributed by atoms with Crippen molar-refractivity contribution in [2.24, 2.45) is 0 Å². The number of H-pyrrole nitrogens is 1. The van der Waals surface area contributed by atoms with Crippen LogP contribution in [0.15, 0.2) is 83.6 Å². The van der Waals surface area contributed by atoms with Gasteiger partial charge in [0.1, 0.15) is 5.82 Å². The quantitative estimate of drug-likeness (QED) is 0.172. The van der Waals surface area contributed by atoms with Crippen LogP contribution in [0, 0.1) is 0 Å². The van der Waals surface area contributed by atoms with E-state index in [1.54, 1.807) is 18.2 Å². The molecule has 1 heterocycles. The molecule has 0 saturated heterocycles. The normalized spacial score (nSPS) is 13.9. The van der Waals surface area contributed by atoms with Crippen LogP contribution in [-0.2, 0) is 12.7 Å². The van der Waals surface area contributed by atoms with E-state index in [0.29, 0.717) is 28.3 Å². The molecule has 0 aliphatic heterocycles. The van der Waals surface area contributed by atoms with Crippen molar-refractivity contribution in [3.63, 3.8) is 0 Å².